The molecule has 0 amide bonds. The molecular weight excluding hydrogens is 251 g/mol. The lowest BCUT2D eigenvalue weighted by Crippen LogP contribution is -2.04. The van der Waals surface area contributed by atoms with Crippen LogP contribution in [0.25, 0.3) is 0 Å². The van der Waals surface area contributed by atoms with Crippen molar-refractivity contribution in [1.29, 1.82) is 0 Å². The van der Waals surface area contributed by atoms with Gasteiger partial charge in [0.05, 0.1) is 0 Å². The Morgan fingerprint density at radius 3 is 2.67 bits per heavy atom. The fourth-order valence-electron chi connectivity index (χ4n) is 1.45. The maximum atomic E-state index is 12.7. The van der Waals surface area contributed by atoms with E-state index in [4.69, 9.17) is 5.11 Å². The molecule has 1 rings (SSSR count). The highest BCUT2D eigenvalue weighted by Crippen LogP contribution is 2.12. The first-order valence-corrected chi connectivity index (χ1v) is 7.26. The van der Waals surface area contributed by atoms with Crippen LogP contribution in [0.15, 0.2) is 24.3 Å². The van der Waals surface area contributed by atoms with Crippen LogP contribution in [0.1, 0.15) is 30.1 Å². The lowest BCUT2D eigenvalue weighted by Gasteiger charge is -2.06. The molecule has 0 bridgehead atoms. The molecule has 1 aromatic rings. The lowest BCUT2D eigenvalue weighted by molar-refractivity contribution is 0.0982. The van der Waals surface area contributed by atoms with Gasteiger partial charge in [0.2, 0.25) is 0 Å². The van der Waals surface area contributed by atoms with Crippen molar-refractivity contribution in [1.82, 2.24) is 0 Å². The van der Waals surface area contributed by atoms with Crippen LogP contribution in [0.2, 0.25) is 0 Å². The number of carbonyl (C=O) groups is 1. The Labute approximate surface area is 112 Å². The first-order chi connectivity index (χ1) is 8.63. The molecule has 0 aromatic heterocycles. The second kappa shape index (κ2) is 8.27. The van der Waals surface area contributed by atoms with E-state index < -0.39 is 0 Å². The summed E-state index contributed by atoms with van der Waals surface area (Å²) in [6.45, 7) is 2.21. The Hall–Kier alpha value is -0.870. The zero-order valence-corrected chi connectivity index (χ0v) is 11.4. The van der Waals surface area contributed by atoms with Crippen molar-refractivity contribution in [3.05, 3.63) is 35.6 Å². The van der Waals surface area contributed by atoms with Gasteiger partial charge in [-0.2, -0.15) is 11.8 Å². The van der Waals surface area contributed by atoms with E-state index in [1.807, 2.05) is 6.92 Å². The number of ketones is 1. The highest BCUT2D eigenvalue weighted by atomic mass is 32.2. The van der Waals surface area contributed by atoms with Gasteiger partial charge in [0.25, 0.3) is 0 Å². The summed E-state index contributed by atoms with van der Waals surface area (Å²) in [7, 11) is 0. The number of aliphatic hydroxyl groups is 1. The Balaban J connectivity index is 2.19. The first-order valence-electron chi connectivity index (χ1n) is 6.11. The second-order valence-corrected chi connectivity index (χ2v) is 5.55. The molecule has 4 heteroatoms. The molecule has 1 atom stereocenters. The minimum absolute atomic E-state index is 0.0609. The maximum Gasteiger partial charge on any atom is 0.162 e. The molecule has 0 aliphatic carbocycles. The third kappa shape index (κ3) is 5.65. The molecule has 0 aliphatic rings. The molecule has 0 saturated carbocycles. The molecule has 2 nitrogen and oxygen atoms in total. The zero-order valence-electron chi connectivity index (χ0n) is 10.6. The highest BCUT2D eigenvalue weighted by molar-refractivity contribution is 7.99. The van der Waals surface area contributed by atoms with E-state index in [0.29, 0.717) is 17.9 Å². The molecule has 100 valence electrons. The van der Waals surface area contributed by atoms with Crippen LogP contribution in [0.5, 0.6) is 0 Å². The van der Waals surface area contributed by atoms with Crippen LogP contribution < -0.4 is 0 Å². The van der Waals surface area contributed by atoms with Crippen molar-refractivity contribution in [3.8, 4) is 0 Å². The molecule has 0 fully saturated rings. The normalized spacial score (nSPS) is 12.4. The van der Waals surface area contributed by atoms with E-state index in [1.165, 1.54) is 24.3 Å². The molecule has 1 N–H and O–H groups in total. The van der Waals surface area contributed by atoms with Gasteiger partial charge in [0.1, 0.15) is 5.82 Å². The third-order valence-electron chi connectivity index (χ3n) is 2.57. The summed E-state index contributed by atoms with van der Waals surface area (Å²) in [5, 5.41) is 8.85. The van der Waals surface area contributed by atoms with Crippen molar-refractivity contribution < 1.29 is 14.3 Å². The fourth-order valence-corrected chi connectivity index (χ4v) is 2.48. The van der Waals surface area contributed by atoms with Gasteiger partial charge in [-0.1, -0.05) is 6.92 Å². The average Bonchev–Trinajstić information content (AvgIpc) is 2.38. The first kappa shape index (κ1) is 15.2. The van der Waals surface area contributed by atoms with Gasteiger partial charge in [-0.05, 0) is 48.1 Å². The number of aliphatic hydroxyl groups excluding tert-OH is 1. The molecule has 18 heavy (non-hydrogen) atoms. The Morgan fingerprint density at radius 2 is 2.06 bits per heavy atom. The number of thioether (sulfide) groups is 1. The number of rotatable bonds is 8. The number of benzene rings is 1. The third-order valence-corrected chi connectivity index (χ3v) is 3.95. The Morgan fingerprint density at radius 1 is 1.39 bits per heavy atom. The molecule has 0 heterocycles. The predicted molar refractivity (Wildman–Crippen MR) is 73.5 cm³/mol. The summed E-state index contributed by atoms with van der Waals surface area (Å²) in [6.07, 6.45) is 1.31. The van der Waals surface area contributed by atoms with Crippen molar-refractivity contribution in [2.24, 2.45) is 5.92 Å². The SMILES string of the molecule is CC(CO)CSCCCC(=O)c1ccc(F)cc1. The number of halogens is 1. The topological polar surface area (TPSA) is 37.3 Å². The van der Waals surface area contributed by atoms with Crippen LogP contribution in [-0.4, -0.2) is 29.0 Å². The number of carbonyl (C=O) groups excluding carboxylic acids is 1. The van der Waals surface area contributed by atoms with Crippen molar-refractivity contribution in [2.75, 3.05) is 18.1 Å². The number of hydrogen-bond acceptors (Lipinski definition) is 3. The van der Waals surface area contributed by atoms with E-state index in [9.17, 15) is 9.18 Å². The number of Topliss-reactive ketones (excluding diaryl/α,β-unsaturated/α-hetero) is 1. The van der Waals surface area contributed by atoms with E-state index in [1.54, 1.807) is 11.8 Å². The summed E-state index contributed by atoms with van der Waals surface area (Å²) in [5.74, 6) is 1.88. The smallest absolute Gasteiger partial charge is 0.162 e. The molecule has 1 aromatic carbocycles. The molecule has 0 saturated heterocycles. The van der Waals surface area contributed by atoms with Crippen molar-refractivity contribution in [3.63, 3.8) is 0 Å². The highest BCUT2D eigenvalue weighted by Gasteiger charge is 2.06. The lowest BCUT2D eigenvalue weighted by atomic mass is 10.1. The molecule has 0 spiro atoms. The van der Waals surface area contributed by atoms with Gasteiger partial charge in [0, 0.05) is 18.6 Å². The Kier molecular flexibility index (Phi) is 6.98. The summed E-state index contributed by atoms with van der Waals surface area (Å²) in [4.78, 5) is 11.7. The van der Waals surface area contributed by atoms with E-state index in [2.05, 4.69) is 0 Å². The van der Waals surface area contributed by atoms with Gasteiger partial charge < -0.3 is 5.11 Å². The summed E-state index contributed by atoms with van der Waals surface area (Å²) in [6, 6.07) is 5.67. The van der Waals surface area contributed by atoms with Gasteiger partial charge in [-0.15, -0.1) is 0 Å². The van der Waals surface area contributed by atoms with E-state index >= 15 is 0 Å². The molecular formula is C14H19FO2S. The van der Waals surface area contributed by atoms with E-state index in [-0.39, 0.29) is 18.2 Å². The minimum Gasteiger partial charge on any atom is -0.396 e. The largest absolute Gasteiger partial charge is 0.396 e. The van der Waals surface area contributed by atoms with Crippen LogP contribution in [-0.2, 0) is 0 Å². The van der Waals surface area contributed by atoms with E-state index in [0.717, 1.165) is 17.9 Å². The molecule has 1 unspecified atom stereocenters. The maximum absolute atomic E-state index is 12.7. The predicted octanol–water partition coefficient (Wildman–Crippen LogP) is 3.15. The Bertz CT molecular complexity index is 365. The van der Waals surface area contributed by atoms with Crippen molar-refractivity contribution in [2.45, 2.75) is 19.8 Å². The number of hydrogen-bond donors (Lipinski definition) is 1. The summed E-state index contributed by atoms with van der Waals surface area (Å²) in [5.41, 5.74) is 0.574. The van der Waals surface area contributed by atoms with Crippen LogP contribution >= 0.6 is 11.8 Å². The van der Waals surface area contributed by atoms with Gasteiger partial charge in [-0.25, -0.2) is 4.39 Å². The monoisotopic (exact) mass is 270 g/mol. The minimum atomic E-state index is -0.319. The summed E-state index contributed by atoms with van der Waals surface area (Å²) < 4.78 is 12.7. The fraction of sp³-hybridized carbons (Fsp3) is 0.500. The zero-order chi connectivity index (χ0) is 13.4. The van der Waals surface area contributed by atoms with Gasteiger partial charge in [0.15, 0.2) is 5.78 Å². The standard InChI is InChI=1S/C14H19FO2S/c1-11(9-16)10-18-8-2-3-14(17)12-4-6-13(15)7-5-12/h4-7,11,16H,2-3,8-10H2,1H3. The second-order valence-electron chi connectivity index (χ2n) is 4.40. The molecule has 0 radical (unpaired) electrons. The van der Waals surface area contributed by atoms with Crippen molar-refractivity contribution >= 4 is 17.5 Å². The van der Waals surface area contributed by atoms with Crippen LogP contribution in [0, 0.1) is 11.7 Å². The van der Waals surface area contributed by atoms with Gasteiger partial charge in [-0.3, -0.25) is 4.79 Å². The van der Waals surface area contributed by atoms with Crippen LogP contribution in [0.4, 0.5) is 4.39 Å². The summed E-state index contributed by atoms with van der Waals surface area (Å²) >= 11 is 1.75. The molecule has 0 aliphatic heterocycles. The van der Waals surface area contributed by atoms with Crippen LogP contribution in [0.3, 0.4) is 0 Å². The quantitative estimate of drug-likeness (QED) is 0.582. The van der Waals surface area contributed by atoms with Gasteiger partial charge >= 0.3 is 0 Å². The average molecular weight is 270 g/mol.